The molecule has 3 aromatic heterocycles. The largest absolute Gasteiger partial charge is 0.377 e. The number of thiophene rings is 1. The summed E-state index contributed by atoms with van der Waals surface area (Å²) in [5, 5.41) is 16.5. The minimum atomic E-state index is -0.396. The van der Waals surface area contributed by atoms with Crippen LogP contribution in [0, 0.1) is 13.8 Å². The molecule has 2 fully saturated rings. The van der Waals surface area contributed by atoms with Gasteiger partial charge in [-0.1, -0.05) is 31.4 Å². The molecule has 8 nitrogen and oxygen atoms in total. The number of rotatable bonds is 8. The molecular weight excluding hydrogens is 496 g/mol. The molecule has 1 aliphatic carbocycles. The second-order valence-electron chi connectivity index (χ2n) is 10.9. The second-order valence-corrected chi connectivity index (χ2v) is 11.9. The average molecular weight is 533 g/mol. The zero-order chi connectivity index (χ0) is 26.1. The fraction of sp³-hybridized carbons (Fsp3) is 0.517. The maximum absolute atomic E-state index is 13.8. The van der Waals surface area contributed by atoms with Crippen molar-refractivity contribution in [3.05, 3.63) is 73.5 Å². The highest BCUT2D eigenvalue weighted by Gasteiger charge is 2.35. The molecule has 0 radical (unpaired) electrons. The molecule has 1 N–H and O–H groups in total. The molecule has 38 heavy (non-hydrogen) atoms. The van der Waals surface area contributed by atoms with Crippen molar-refractivity contribution in [2.24, 2.45) is 0 Å². The van der Waals surface area contributed by atoms with Crippen molar-refractivity contribution in [1.29, 1.82) is 0 Å². The lowest BCUT2D eigenvalue weighted by Crippen LogP contribution is -2.39. The number of hydrogen-bond donors (Lipinski definition) is 1. The van der Waals surface area contributed by atoms with Gasteiger partial charge in [-0.2, -0.15) is 0 Å². The van der Waals surface area contributed by atoms with Crippen molar-refractivity contribution in [3.63, 3.8) is 0 Å². The number of fused-ring (bicyclic) bond motifs is 1. The summed E-state index contributed by atoms with van der Waals surface area (Å²) < 4.78 is 8.12. The molecule has 9 heteroatoms. The van der Waals surface area contributed by atoms with Crippen LogP contribution in [0.1, 0.15) is 84.4 Å². The Balaban J connectivity index is 1.51. The summed E-state index contributed by atoms with van der Waals surface area (Å²) >= 11 is 1.74. The predicted molar refractivity (Wildman–Crippen MR) is 150 cm³/mol. The average Bonchev–Trinajstić information content (AvgIpc) is 3.69. The summed E-state index contributed by atoms with van der Waals surface area (Å²) in [4.78, 5) is 20.6. The Morgan fingerprint density at radius 2 is 2.03 bits per heavy atom. The zero-order valence-corrected chi connectivity index (χ0v) is 23.0. The predicted octanol–water partition coefficient (Wildman–Crippen LogP) is 5.47. The molecular formula is C29H36N6O2S. The molecule has 0 amide bonds. The van der Waals surface area contributed by atoms with Gasteiger partial charge in [0.1, 0.15) is 6.04 Å². The molecule has 4 heterocycles. The molecule has 0 bridgehead atoms. The van der Waals surface area contributed by atoms with E-state index >= 15 is 0 Å². The van der Waals surface area contributed by atoms with Gasteiger partial charge in [-0.25, -0.2) is 4.68 Å². The fourth-order valence-electron chi connectivity index (χ4n) is 6.27. The molecule has 1 saturated heterocycles. The summed E-state index contributed by atoms with van der Waals surface area (Å²) in [6, 6.07) is 10.4. The quantitative estimate of drug-likeness (QED) is 0.324. The Hall–Kier alpha value is -2.88. The van der Waals surface area contributed by atoms with Crippen LogP contribution in [0.25, 0.3) is 10.9 Å². The van der Waals surface area contributed by atoms with Crippen LogP contribution >= 0.6 is 11.3 Å². The van der Waals surface area contributed by atoms with Gasteiger partial charge in [-0.15, -0.1) is 16.4 Å². The molecule has 6 rings (SSSR count). The van der Waals surface area contributed by atoms with Gasteiger partial charge in [0, 0.05) is 41.0 Å². The second kappa shape index (κ2) is 11.1. The van der Waals surface area contributed by atoms with Crippen molar-refractivity contribution in [3.8, 4) is 0 Å². The molecule has 2 atom stereocenters. The highest BCUT2D eigenvalue weighted by molar-refractivity contribution is 7.09. The summed E-state index contributed by atoms with van der Waals surface area (Å²) in [6.07, 6.45) is 7.95. The lowest BCUT2D eigenvalue weighted by atomic mass is 9.94. The number of H-pyrrole nitrogens is 1. The van der Waals surface area contributed by atoms with E-state index < -0.39 is 6.04 Å². The number of nitrogens with one attached hydrogen (secondary N) is 1. The lowest BCUT2D eigenvalue weighted by Gasteiger charge is -2.33. The van der Waals surface area contributed by atoms with Gasteiger partial charge in [0.2, 0.25) is 0 Å². The Kier molecular flexibility index (Phi) is 7.41. The van der Waals surface area contributed by atoms with Gasteiger partial charge in [-0.05, 0) is 84.7 Å². The molecule has 0 spiro atoms. The number of ether oxygens (including phenoxy) is 1. The Bertz CT molecular complexity index is 1430. The van der Waals surface area contributed by atoms with Crippen LogP contribution in [0.3, 0.4) is 0 Å². The number of aromatic amines is 1. The van der Waals surface area contributed by atoms with Crippen molar-refractivity contribution in [2.75, 3.05) is 13.2 Å². The SMILES string of the molecule is Cc1cc(C)c2cc(C(c3nnnn3C3CCCCC3)N(Cc3cccs3)CC3CCCO3)c(=O)[nH]c2c1. The number of hydrogen-bond acceptors (Lipinski definition) is 7. The third-order valence-electron chi connectivity index (χ3n) is 8.09. The highest BCUT2D eigenvalue weighted by atomic mass is 32.1. The number of aromatic nitrogens is 5. The summed E-state index contributed by atoms with van der Waals surface area (Å²) in [7, 11) is 0. The van der Waals surface area contributed by atoms with E-state index in [2.05, 4.69) is 68.9 Å². The van der Waals surface area contributed by atoms with E-state index in [0.29, 0.717) is 18.7 Å². The summed E-state index contributed by atoms with van der Waals surface area (Å²) in [5.41, 5.74) is 3.74. The van der Waals surface area contributed by atoms with Crippen LogP contribution in [-0.4, -0.2) is 49.3 Å². The van der Waals surface area contributed by atoms with Crippen LogP contribution in [0.5, 0.6) is 0 Å². The van der Waals surface area contributed by atoms with Crippen LogP contribution in [0.2, 0.25) is 0 Å². The molecule has 1 aliphatic heterocycles. The van der Waals surface area contributed by atoms with Gasteiger partial charge in [0.25, 0.3) is 5.56 Å². The smallest absolute Gasteiger partial charge is 0.253 e. The number of pyridine rings is 1. The normalized spacial score (nSPS) is 19.5. The summed E-state index contributed by atoms with van der Waals surface area (Å²) in [6.45, 7) is 6.37. The number of benzene rings is 1. The van der Waals surface area contributed by atoms with Gasteiger partial charge in [0.05, 0.1) is 12.1 Å². The van der Waals surface area contributed by atoms with Crippen LogP contribution in [0.15, 0.2) is 40.5 Å². The minimum Gasteiger partial charge on any atom is -0.377 e. The minimum absolute atomic E-state index is 0.0887. The summed E-state index contributed by atoms with van der Waals surface area (Å²) in [5.74, 6) is 0.751. The van der Waals surface area contributed by atoms with E-state index in [1.54, 1.807) is 11.3 Å². The van der Waals surface area contributed by atoms with Crippen molar-refractivity contribution in [2.45, 2.75) is 83.5 Å². The Labute approximate surface area is 227 Å². The Morgan fingerprint density at radius 3 is 2.79 bits per heavy atom. The van der Waals surface area contributed by atoms with E-state index in [4.69, 9.17) is 4.74 Å². The number of aryl methyl sites for hydroxylation is 2. The van der Waals surface area contributed by atoms with Gasteiger partial charge in [-0.3, -0.25) is 9.69 Å². The number of nitrogens with zero attached hydrogens (tertiary/aromatic N) is 5. The first-order valence-corrected chi connectivity index (χ1v) is 14.7. The Morgan fingerprint density at radius 1 is 1.16 bits per heavy atom. The van der Waals surface area contributed by atoms with E-state index in [-0.39, 0.29) is 17.7 Å². The first kappa shape index (κ1) is 25.4. The van der Waals surface area contributed by atoms with Crippen LogP contribution in [0.4, 0.5) is 0 Å². The zero-order valence-electron chi connectivity index (χ0n) is 22.2. The van der Waals surface area contributed by atoms with Crippen molar-refractivity contribution in [1.82, 2.24) is 30.1 Å². The van der Waals surface area contributed by atoms with Crippen LogP contribution < -0.4 is 5.56 Å². The van der Waals surface area contributed by atoms with Gasteiger partial charge >= 0.3 is 0 Å². The molecule has 200 valence electrons. The van der Waals surface area contributed by atoms with Gasteiger partial charge < -0.3 is 9.72 Å². The molecule has 2 aliphatic rings. The molecule has 2 unspecified atom stereocenters. The van der Waals surface area contributed by atoms with E-state index in [1.165, 1.54) is 24.1 Å². The maximum Gasteiger partial charge on any atom is 0.253 e. The standard InChI is InChI=1S/C29H36N6O2S/c1-19-14-20(2)24-16-25(29(36)30-26(24)15-19)27(28-31-32-33-35(28)21-8-4-3-5-9-21)34(17-22-10-6-12-37-22)18-23-11-7-13-38-23/h7,11,13-16,21-22,27H,3-6,8-10,12,17-18H2,1-2H3,(H,30,36). The first-order chi connectivity index (χ1) is 18.6. The number of tetrazole rings is 1. The highest BCUT2D eigenvalue weighted by Crippen LogP contribution is 2.35. The molecule has 4 aromatic rings. The first-order valence-electron chi connectivity index (χ1n) is 13.9. The van der Waals surface area contributed by atoms with Crippen molar-refractivity contribution >= 4 is 22.2 Å². The van der Waals surface area contributed by atoms with Crippen molar-refractivity contribution < 1.29 is 4.74 Å². The molecule has 1 saturated carbocycles. The topological polar surface area (TPSA) is 88.9 Å². The van der Waals surface area contributed by atoms with E-state index in [0.717, 1.165) is 60.1 Å². The maximum atomic E-state index is 13.8. The van der Waals surface area contributed by atoms with E-state index in [9.17, 15) is 4.79 Å². The van der Waals surface area contributed by atoms with Crippen LogP contribution in [-0.2, 0) is 11.3 Å². The van der Waals surface area contributed by atoms with Gasteiger partial charge in [0.15, 0.2) is 5.82 Å². The fourth-order valence-corrected chi connectivity index (χ4v) is 7.00. The third-order valence-corrected chi connectivity index (χ3v) is 8.95. The van der Waals surface area contributed by atoms with E-state index in [1.807, 2.05) is 10.7 Å². The lowest BCUT2D eigenvalue weighted by molar-refractivity contribution is 0.0571. The third kappa shape index (κ3) is 5.19. The molecule has 1 aromatic carbocycles. The monoisotopic (exact) mass is 532 g/mol.